The van der Waals surface area contributed by atoms with Crippen LogP contribution in [-0.4, -0.2) is 93.9 Å². The fraction of sp³-hybridized carbons (Fsp3) is 0.450. The van der Waals surface area contributed by atoms with Crippen molar-refractivity contribution in [1.29, 1.82) is 0 Å². The summed E-state index contributed by atoms with van der Waals surface area (Å²) in [6.07, 6.45) is 8.83. The van der Waals surface area contributed by atoms with Gasteiger partial charge in [-0.05, 0) is 129 Å². The summed E-state index contributed by atoms with van der Waals surface area (Å²) < 4.78 is 11.4. The summed E-state index contributed by atoms with van der Waals surface area (Å²) in [5.74, 6) is 0.840. The van der Waals surface area contributed by atoms with Gasteiger partial charge >= 0.3 is 0 Å². The zero-order chi connectivity index (χ0) is 39.2. The zero-order valence-electron chi connectivity index (χ0n) is 31.4. The molecular formula is C40H48N6O7S2. The Morgan fingerprint density at radius 3 is 1.45 bits per heavy atom. The molecule has 2 unspecified atom stereocenters. The highest BCUT2D eigenvalue weighted by Gasteiger charge is 2.32. The van der Waals surface area contributed by atoms with Crippen LogP contribution in [0.2, 0.25) is 0 Å². The van der Waals surface area contributed by atoms with Gasteiger partial charge in [-0.25, -0.2) is 0 Å². The van der Waals surface area contributed by atoms with E-state index in [1.807, 2.05) is 36.4 Å². The maximum Gasteiger partial charge on any atom is 0.286 e. The van der Waals surface area contributed by atoms with Crippen LogP contribution in [0.15, 0.2) is 56.2 Å². The fourth-order valence-electron chi connectivity index (χ4n) is 7.14. The average molecular weight is 789 g/mol. The number of ether oxygens (including phenoxy) is 2. The van der Waals surface area contributed by atoms with Crippen LogP contribution in [0.25, 0.3) is 12.2 Å². The Labute approximate surface area is 329 Å². The highest BCUT2D eigenvalue weighted by molar-refractivity contribution is 8.18. The number of thioether (sulfide) groups is 2. The summed E-state index contributed by atoms with van der Waals surface area (Å²) in [6.45, 7) is 8.84. The number of nitrogens with zero attached hydrogens (tertiary/aromatic N) is 4. The van der Waals surface area contributed by atoms with Gasteiger partial charge in [0.2, 0.25) is 11.8 Å². The Morgan fingerprint density at radius 2 is 1.11 bits per heavy atom. The minimum absolute atomic E-state index is 0.0695. The third-order valence-electron chi connectivity index (χ3n) is 9.99. The van der Waals surface area contributed by atoms with Crippen molar-refractivity contribution in [2.75, 3.05) is 32.8 Å². The number of carbonyl (C=O) groups excluding carboxylic acids is 4. The molecule has 2 aromatic rings. The Kier molecular flexibility index (Phi) is 13.0. The number of primary amides is 2. The van der Waals surface area contributed by atoms with Gasteiger partial charge in [-0.2, -0.15) is 9.98 Å². The molecule has 2 atom stereocenters. The van der Waals surface area contributed by atoms with Gasteiger partial charge < -0.3 is 35.8 Å². The maximum absolute atomic E-state index is 12.3. The lowest BCUT2D eigenvalue weighted by Crippen LogP contribution is -2.40. The lowest BCUT2D eigenvalue weighted by molar-refractivity contribution is -0.123. The first-order valence-electron chi connectivity index (χ1n) is 18.7. The molecule has 2 aromatic carbocycles. The summed E-state index contributed by atoms with van der Waals surface area (Å²) >= 11 is 2.81. The van der Waals surface area contributed by atoms with Crippen LogP contribution in [0.5, 0.6) is 11.5 Å². The van der Waals surface area contributed by atoms with E-state index < -0.39 is 0 Å². The predicted octanol–water partition coefficient (Wildman–Crippen LogP) is 4.35. The number of aliphatic hydroxyl groups excluding tert-OH is 1. The van der Waals surface area contributed by atoms with Crippen LogP contribution in [0.4, 0.5) is 0 Å². The van der Waals surface area contributed by atoms with Gasteiger partial charge in [0.25, 0.3) is 11.8 Å². The minimum Gasteiger partial charge on any atom is -0.490 e. The van der Waals surface area contributed by atoms with E-state index in [1.54, 1.807) is 6.92 Å². The number of benzene rings is 2. The van der Waals surface area contributed by atoms with E-state index in [2.05, 4.69) is 45.8 Å². The average Bonchev–Trinajstić information content (AvgIpc) is 3.93. The van der Waals surface area contributed by atoms with Crippen LogP contribution in [0.3, 0.4) is 0 Å². The zero-order valence-corrected chi connectivity index (χ0v) is 33.0. The number of hydrogen-bond acceptors (Lipinski definition) is 11. The Hall–Kier alpha value is -4.60. The van der Waals surface area contributed by atoms with E-state index in [0.717, 1.165) is 45.8 Å². The Bertz CT molecular complexity index is 1810. The summed E-state index contributed by atoms with van der Waals surface area (Å²) in [5, 5.41) is 9.02. The van der Waals surface area contributed by atoms with Crippen molar-refractivity contribution in [2.24, 2.45) is 33.3 Å². The lowest BCUT2D eigenvalue weighted by atomic mass is 9.97. The number of aliphatic hydroxyl groups is 1. The number of carbonyl (C=O) groups is 4. The van der Waals surface area contributed by atoms with Crippen molar-refractivity contribution in [1.82, 2.24) is 9.80 Å². The van der Waals surface area contributed by atoms with Crippen molar-refractivity contribution < 1.29 is 33.8 Å². The molecule has 0 bridgehead atoms. The number of fused-ring (bicyclic) bond motifs is 2. The largest absolute Gasteiger partial charge is 0.490 e. The molecule has 0 saturated carbocycles. The summed E-state index contributed by atoms with van der Waals surface area (Å²) in [4.78, 5) is 61.0. The smallest absolute Gasteiger partial charge is 0.286 e. The molecule has 0 aliphatic carbocycles. The standard InChI is InChI=1S/2C19H21N3O3S.C2H6O/c2*1-11-8-14-9-12(2-3-15(14)25-11)10-16-18(24)21-19(26-16)22-6-4-13(5-7-22)17(20)23;1-2-3/h2*2-3,9-11,13H,4-8H2,1H3,(H2,20,23);3H,2H2,1H3/b2*16-10-;. The van der Waals surface area contributed by atoms with Gasteiger partial charge in [0.1, 0.15) is 23.7 Å². The van der Waals surface area contributed by atoms with Crippen molar-refractivity contribution >= 4 is 69.6 Å². The topological polar surface area (TPSA) is 190 Å². The summed E-state index contributed by atoms with van der Waals surface area (Å²) in [7, 11) is 0. The normalized spacial score (nSPS) is 23.6. The van der Waals surface area contributed by atoms with Crippen molar-refractivity contribution in [3.05, 3.63) is 68.5 Å². The molecule has 15 heteroatoms. The summed E-state index contributed by atoms with van der Waals surface area (Å²) in [5.41, 5.74) is 15.1. The number of rotatable bonds is 4. The summed E-state index contributed by atoms with van der Waals surface area (Å²) in [6, 6.07) is 12.0. The molecule has 292 valence electrons. The molecule has 0 aromatic heterocycles. The number of amidine groups is 2. The monoisotopic (exact) mass is 788 g/mol. The van der Waals surface area contributed by atoms with Gasteiger partial charge in [-0.1, -0.05) is 12.1 Å². The van der Waals surface area contributed by atoms with E-state index in [9.17, 15) is 19.2 Å². The second kappa shape index (κ2) is 17.9. The second-order valence-corrected chi connectivity index (χ2v) is 16.3. The number of nitrogens with two attached hydrogens (primary N) is 2. The highest BCUT2D eigenvalue weighted by atomic mass is 32.2. The minimum atomic E-state index is -0.239. The maximum atomic E-state index is 12.3. The van der Waals surface area contributed by atoms with Gasteiger partial charge in [-0.15, -0.1) is 0 Å². The van der Waals surface area contributed by atoms with Crippen molar-refractivity contribution in [3.8, 4) is 11.5 Å². The number of amides is 4. The van der Waals surface area contributed by atoms with E-state index in [0.29, 0.717) is 61.7 Å². The number of aliphatic imine (C=N–C) groups is 2. The van der Waals surface area contributed by atoms with E-state index in [4.69, 9.17) is 26.0 Å². The molecule has 6 heterocycles. The molecule has 8 rings (SSSR count). The first-order chi connectivity index (χ1) is 26.4. The third-order valence-corrected chi connectivity index (χ3v) is 12.1. The lowest BCUT2D eigenvalue weighted by Gasteiger charge is -2.31. The molecule has 13 nitrogen and oxygen atoms in total. The van der Waals surface area contributed by atoms with Crippen molar-refractivity contribution in [3.63, 3.8) is 0 Å². The van der Waals surface area contributed by atoms with Crippen molar-refractivity contribution in [2.45, 2.75) is 71.5 Å². The molecule has 6 aliphatic heterocycles. The molecule has 2 saturated heterocycles. The molecule has 6 aliphatic rings. The molecule has 2 fully saturated rings. The molecule has 4 amide bonds. The predicted molar refractivity (Wildman–Crippen MR) is 216 cm³/mol. The van der Waals surface area contributed by atoms with E-state index in [1.165, 1.54) is 34.7 Å². The van der Waals surface area contributed by atoms with Gasteiger partial charge in [0, 0.05) is 57.5 Å². The second-order valence-electron chi connectivity index (χ2n) is 14.3. The molecule has 0 spiro atoms. The molecule has 0 radical (unpaired) electrons. The van der Waals surface area contributed by atoms with E-state index in [-0.39, 0.29) is 54.3 Å². The van der Waals surface area contributed by atoms with Crippen LogP contribution in [0, 0.1) is 11.8 Å². The molecule has 55 heavy (non-hydrogen) atoms. The fourth-order valence-corrected chi connectivity index (χ4v) is 9.07. The van der Waals surface area contributed by atoms with Gasteiger partial charge in [0.05, 0.1) is 9.81 Å². The van der Waals surface area contributed by atoms with Gasteiger partial charge in [0.15, 0.2) is 10.3 Å². The number of hydrogen-bond donors (Lipinski definition) is 3. The van der Waals surface area contributed by atoms with Crippen LogP contribution in [0.1, 0.15) is 68.7 Å². The molecular weight excluding hydrogens is 741 g/mol. The first-order valence-corrected chi connectivity index (χ1v) is 20.4. The van der Waals surface area contributed by atoms with Crippen LogP contribution in [-0.2, 0) is 32.0 Å². The highest BCUT2D eigenvalue weighted by Crippen LogP contribution is 2.36. The van der Waals surface area contributed by atoms with Crippen LogP contribution >= 0.6 is 23.5 Å². The van der Waals surface area contributed by atoms with Gasteiger partial charge in [-0.3, -0.25) is 19.2 Å². The third kappa shape index (κ3) is 9.99. The SMILES string of the molecule is CC1Cc2cc(/C=C3\SC(N4CCC(C(N)=O)CC4)=NC3=O)ccc2O1.CC1Cc2cc(/C=C3\SC(N4CCC(C(N)=O)CC4)=NC3=O)ccc2O1.CCO. The Balaban J connectivity index is 0.000000175. The number of piperidine rings is 2. The van der Waals surface area contributed by atoms with E-state index >= 15 is 0 Å². The molecule has 5 N–H and O–H groups in total. The first kappa shape index (κ1) is 40.1. The Morgan fingerprint density at radius 1 is 0.745 bits per heavy atom. The number of likely N-dealkylation sites (tertiary alicyclic amines) is 2. The quantitative estimate of drug-likeness (QED) is 0.374. The van der Waals surface area contributed by atoms with Crippen LogP contribution < -0.4 is 20.9 Å².